The highest BCUT2D eigenvalue weighted by Gasteiger charge is 2.28. The summed E-state index contributed by atoms with van der Waals surface area (Å²) in [4.78, 5) is 24.3. The second-order valence-electron chi connectivity index (χ2n) is 5.76. The number of carboxylic acid groups (broad SMARTS) is 1. The molecule has 1 aliphatic carbocycles. The molecular formula is C14H26N2O4. The van der Waals surface area contributed by atoms with Crippen LogP contribution in [0.2, 0.25) is 0 Å². The molecule has 0 bridgehead atoms. The van der Waals surface area contributed by atoms with Crippen LogP contribution in [0.15, 0.2) is 0 Å². The number of ether oxygens (including phenoxy) is 1. The minimum absolute atomic E-state index is 0.137. The van der Waals surface area contributed by atoms with Crippen molar-refractivity contribution >= 4 is 12.0 Å². The minimum Gasteiger partial charge on any atom is -0.480 e. The van der Waals surface area contributed by atoms with Crippen molar-refractivity contribution in [3.63, 3.8) is 0 Å². The van der Waals surface area contributed by atoms with Crippen molar-refractivity contribution in [2.75, 3.05) is 26.8 Å². The van der Waals surface area contributed by atoms with Gasteiger partial charge in [0.05, 0.1) is 6.61 Å². The van der Waals surface area contributed by atoms with Gasteiger partial charge in [0.15, 0.2) is 0 Å². The van der Waals surface area contributed by atoms with E-state index in [2.05, 4.69) is 19.2 Å². The van der Waals surface area contributed by atoms with E-state index in [1.165, 1.54) is 12.0 Å². The number of aliphatic carboxylic acids is 1. The van der Waals surface area contributed by atoms with Gasteiger partial charge in [-0.15, -0.1) is 0 Å². The molecule has 1 aliphatic rings. The molecule has 20 heavy (non-hydrogen) atoms. The van der Waals surface area contributed by atoms with Crippen molar-refractivity contribution in [2.45, 2.75) is 39.2 Å². The zero-order chi connectivity index (χ0) is 15.1. The molecule has 0 spiro atoms. The topological polar surface area (TPSA) is 78.9 Å². The Balaban J connectivity index is 2.53. The van der Waals surface area contributed by atoms with Crippen LogP contribution in [-0.2, 0) is 9.53 Å². The Morgan fingerprint density at radius 3 is 2.60 bits per heavy atom. The summed E-state index contributed by atoms with van der Waals surface area (Å²) < 4.78 is 4.91. The maximum Gasteiger partial charge on any atom is 0.323 e. The fourth-order valence-corrected chi connectivity index (χ4v) is 2.75. The van der Waals surface area contributed by atoms with Crippen molar-refractivity contribution in [1.82, 2.24) is 10.2 Å². The van der Waals surface area contributed by atoms with E-state index in [1.807, 2.05) is 0 Å². The predicted molar refractivity (Wildman–Crippen MR) is 75.6 cm³/mol. The Labute approximate surface area is 120 Å². The van der Waals surface area contributed by atoms with Gasteiger partial charge in [0.25, 0.3) is 0 Å². The number of nitrogens with one attached hydrogen (secondary N) is 1. The number of hydrogen-bond donors (Lipinski definition) is 2. The zero-order valence-corrected chi connectivity index (χ0v) is 12.6. The minimum atomic E-state index is -1.01. The predicted octanol–water partition coefficient (Wildman–Crippen LogP) is 1.55. The summed E-state index contributed by atoms with van der Waals surface area (Å²) in [6, 6.07) is -0.173. The van der Waals surface area contributed by atoms with Gasteiger partial charge in [-0.05, 0) is 31.1 Å². The van der Waals surface area contributed by atoms with E-state index < -0.39 is 5.97 Å². The van der Waals surface area contributed by atoms with Crippen molar-refractivity contribution in [3.05, 3.63) is 0 Å². The van der Waals surface area contributed by atoms with E-state index in [9.17, 15) is 9.59 Å². The monoisotopic (exact) mass is 286 g/mol. The van der Waals surface area contributed by atoms with Crippen molar-refractivity contribution in [3.8, 4) is 0 Å². The van der Waals surface area contributed by atoms with Gasteiger partial charge in [-0.3, -0.25) is 4.79 Å². The Hall–Kier alpha value is -1.30. The second-order valence-corrected chi connectivity index (χ2v) is 5.76. The molecule has 1 rings (SSSR count). The second kappa shape index (κ2) is 8.09. The average molecular weight is 286 g/mol. The number of urea groups is 1. The van der Waals surface area contributed by atoms with Crippen LogP contribution in [0.3, 0.4) is 0 Å². The lowest BCUT2D eigenvalue weighted by Crippen LogP contribution is -2.50. The third-order valence-electron chi connectivity index (χ3n) is 3.92. The SMILES string of the molecule is COCCN(CC(=O)O)C(=O)NC1CCC(C)CC1C. The van der Waals surface area contributed by atoms with Gasteiger partial charge < -0.3 is 20.1 Å². The molecule has 1 saturated carbocycles. The molecule has 6 nitrogen and oxygen atoms in total. The summed E-state index contributed by atoms with van der Waals surface area (Å²) in [5.74, 6) is 0.111. The molecule has 6 heteroatoms. The lowest BCUT2D eigenvalue weighted by atomic mass is 9.80. The van der Waals surface area contributed by atoms with E-state index in [0.717, 1.165) is 19.3 Å². The van der Waals surface area contributed by atoms with Crippen LogP contribution in [0.1, 0.15) is 33.1 Å². The number of nitrogens with zero attached hydrogens (tertiary/aromatic N) is 1. The van der Waals surface area contributed by atoms with Gasteiger partial charge in [-0.25, -0.2) is 4.79 Å². The van der Waals surface area contributed by atoms with Gasteiger partial charge in [0.1, 0.15) is 6.54 Å². The number of hydrogen-bond acceptors (Lipinski definition) is 3. The molecule has 0 saturated heterocycles. The first-order valence-corrected chi connectivity index (χ1v) is 7.20. The highest BCUT2D eigenvalue weighted by atomic mass is 16.5. The molecule has 2 amide bonds. The van der Waals surface area contributed by atoms with Crippen LogP contribution in [0, 0.1) is 11.8 Å². The van der Waals surface area contributed by atoms with Crippen molar-refractivity contribution in [2.24, 2.45) is 11.8 Å². The third kappa shape index (κ3) is 5.36. The smallest absolute Gasteiger partial charge is 0.323 e. The molecule has 0 aliphatic heterocycles. The fourth-order valence-electron chi connectivity index (χ4n) is 2.75. The number of methoxy groups -OCH3 is 1. The molecule has 2 N–H and O–H groups in total. The molecule has 0 aromatic carbocycles. The van der Waals surface area contributed by atoms with Crippen LogP contribution in [0.4, 0.5) is 4.79 Å². The van der Waals surface area contributed by atoms with Crippen LogP contribution in [0.5, 0.6) is 0 Å². The quantitative estimate of drug-likeness (QED) is 0.776. The molecule has 0 heterocycles. The molecule has 0 aromatic heterocycles. The lowest BCUT2D eigenvalue weighted by molar-refractivity contribution is -0.137. The van der Waals surface area contributed by atoms with E-state index in [4.69, 9.17) is 9.84 Å². The Morgan fingerprint density at radius 2 is 2.05 bits per heavy atom. The number of carbonyl (C=O) groups is 2. The average Bonchev–Trinajstić information content (AvgIpc) is 2.37. The third-order valence-corrected chi connectivity index (χ3v) is 3.92. The van der Waals surface area contributed by atoms with E-state index >= 15 is 0 Å². The fraction of sp³-hybridized carbons (Fsp3) is 0.857. The van der Waals surface area contributed by atoms with Gasteiger partial charge in [-0.2, -0.15) is 0 Å². The molecule has 3 atom stereocenters. The maximum atomic E-state index is 12.2. The summed E-state index contributed by atoms with van der Waals surface area (Å²) in [6.07, 6.45) is 3.16. The molecular weight excluding hydrogens is 260 g/mol. The molecule has 1 fully saturated rings. The van der Waals surface area contributed by atoms with Crippen LogP contribution in [-0.4, -0.2) is 54.9 Å². The normalized spacial score (nSPS) is 26.1. The van der Waals surface area contributed by atoms with Gasteiger partial charge in [0.2, 0.25) is 0 Å². The van der Waals surface area contributed by atoms with Crippen molar-refractivity contribution in [1.29, 1.82) is 0 Å². The first-order chi connectivity index (χ1) is 9.43. The molecule has 3 unspecified atom stereocenters. The molecule has 0 radical (unpaired) electrons. The summed E-state index contributed by atoms with van der Waals surface area (Å²) in [7, 11) is 1.53. The van der Waals surface area contributed by atoms with Gasteiger partial charge in [-0.1, -0.05) is 13.8 Å². The number of carbonyl (C=O) groups excluding carboxylic acids is 1. The maximum absolute atomic E-state index is 12.2. The number of carboxylic acids is 1. The highest BCUT2D eigenvalue weighted by Crippen LogP contribution is 2.28. The molecule has 0 aromatic rings. The zero-order valence-electron chi connectivity index (χ0n) is 12.6. The van der Waals surface area contributed by atoms with Gasteiger partial charge >= 0.3 is 12.0 Å². The first-order valence-electron chi connectivity index (χ1n) is 7.20. The summed E-state index contributed by atoms with van der Waals surface area (Å²) in [5.41, 5.74) is 0. The van der Waals surface area contributed by atoms with Crippen LogP contribution in [0.25, 0.3) is 0 Å². The lowest BCUT2D eigenvalue weighted by Gasteiger charge is -2.34. The Kier molecular flexibility index (Phi) is 6.78. The summed E-state index contributed by atoms with van der Waals surface area (Å²) >= 11 is 0. The van der Waals surface area contributed by atoms with E-state index in [0.29, 0.717) is 18.4 Å². The van der Waals surface area contributed by atoms with Gasteiger partial charge in [0, 0.05) is 19.7 Å². The van der Waals surface area contributed by atoms with Crippen LogP contribution < -0.4 is 5.32 Å². The highest BCUT2D eigenvalue weighted by molar-refractivity contribution is 5.80. The number of amides is 2. The standard InChI is InChI=1S/C14H26N2O4/c1-10-4-5-12(11(2)8-10)15-14(19)16(6-7-20-3)9-13(17)18/h10-12H,4-9H2,1-3H3,(H,15,19)(H,17,18). The van der Waals surface area contributed by atoms with Crippen LogP contribution >= 0.6 is 0 Å². The Morgan fingerprint density at radius 1 is 1.35 bits per heavy atom. The van der Waals surface area contributed by atoms with E-state index in [-0.39, 0.29) is 25.2 Å². The molecule has 116 valence electrons. The summed E-state index contributed by atoms with van der Waals surface area (Å²) in [5, 5.41) is 11.8. The van der Waals surface area contributed by atoms with Crippen molar-refractivity contribution < 1.29 is 19.4 Å². The summed E-state index contributed by atoms with van der Waals surface area (Å²) in [6.45, 7) is 4.68. The number of rotatable bonds is 6. The largest absolute Gasteiger partial charge is 0.480 e. The van der Waals surface area contributed by atoms with E-state index in [1.54, 1.807) is 0 Å². The first kappa shape index (κ1) is 16.8. The Bertz CT molecular complexity index is 335.